The predicted octanol–water partition coefficient (Wildman–Crippen LogP) is 2.90. The minimum absolute atomic E-state index is 0.114. The number of carbonyl (C=O) groups excluding carboxylic acids is 1. The third-order valence-electron chi connectivity index (χ3n) is 3.91. The zero-order valence-electron chi connectivity index (χ0n) is 12.5. The molecule has 5 heteroatoms. The number of nitrogens with one attached hydrogen (secondary N) is 3. The number of hydrogen-bond acceptors (Lipinski definition) is 2. The second kappa shape index (κ2) is 5.61. The number of hydrogen-bond donors (Lipinski definition) is 3. The van der Waals surface area contributed by atoms with E-state index in [4.69, 9.17) is 0 Å². The summed E-state index contributed by atoms with van der Waals surface area (Å²) in [4.78, 5) is 23.0. The monoisotopic (exact) mass is 304 g/mol. The molecule has 2 aromatic heterocycles. The van der Waals surface area contributed by atoms with Gasteiger partial charge in [0.2, 0.25) is 0 Å². The Balaban J connectivity index is 1.42. The van der Waals surface area contributed by atoms with Crippen LogP contribution in [-0.4, -0.2) is 20.9 Å². The van der Waals surface area contributed by atoms with Gasteiger partial charge in [-0.25, -0.2) is 4.98 Å². The molecule has 0 saturated carbocycles. The first-order valence-electron chi connectivity index (χ1n) is 7.56. The number of aromatic amines is 2. The first-order valence-corrected chi connectivity index (χ1v) is 7.56. The van der Waals surface area contributed by atoms with Crippen molar-refractivity contribution in [3.8, 4) is 11.4 Å². The summed E-state index contributed by atoms with van der Waals surface area (Å²) < 4.78 is 0. The van der Waals surface area contributed by atoms with Crippen molar-refractivity contribution in [3.63, 3.8) is 0 Å². The molecule has 1 aliphatic rings. The fourth-order valence-electron chi connectivity index (χ4n) is 2.72. The molecule has 1 aliphatic carbocycles. The second-order valence-electron chi connectivity index (χ2n) is 5.52. The minimum atomic E-state index is -0.114. The average Bonchev–Trinajstić information content (AvgIpc) is 3.29. The van der Waals surface area contributed by atoms with Gasteiger partial charge >= 0.3 is 0 Å². The highest BCUT2D eigenvalue weighted by molar-refractivity contribution is 5.93. The summed E-state index contributed by atoms with van der Waals surface area (Å²) in [5, 5.41) is 2.89. The molecular formula is C18H16N4O. The molecule has 0 fully saturated rings. The van der Waals surface area contributed by atoms with Crippen molar-refractivity contribution in [2.24, 2.45) is 0 Å². The molecule has 1 amide bonds. The number of amides is 1. The number of rotatable bonds is 4. The van der Waals surface area contributed by atoms with Crippen molar-refractivity contribution in [2.75, 3.05) is 0 Å². The molecule has 0 saturated heterocycles. The van der Waals surface area contributed by atoms with E-state index in [1.54, 1.807) is 0 Å². The number of benzene rings is 1. The first-order chi connectivity index (χ1) is 11.3. The lowest BCUT2D eigenvalue weighted by Gasteiger charge is -2.01. The van der Waals surface area contributed by atoms with Crippen LogP contribution in [0.15, 0.2) is 48.7 Å². The van der Waals surface area contributed by atoms with Gasteiger partial charge in [0.05, 0.1) is 12.2 Å². The third-order valence-corrected chi connectivity index (χ3v) is 3.91. The molecule has 2 heterocycles. The smallest absolute Gasteiger partial charge is 0.268 e. The van der Waals surface area contributed by atoms with Gasteiger partial charge in [-0.3, -0.25) is 4.79 Å². The average molecular weight is 304 g/mol. The van der Waals surface area contributed by atoms with Gasteiger partial charge in [0.25, 0.3) is 5.91 Å². The van der Waals surface area contributed by atoms with Gasteiger partial charge in [-0.1, -0.05) is 36.4 Å². The number of fused-ring (bicyclic) bond motifs is 1. The van der Waals surface area contributed by atoms with Gasteiger partial charge in [-0.2, -0.15) is 0 Å². The van der Waals surface area contributed by atoms with E-state index in [0.29, 0.717) is 12.2 Å². The minimum Gasteiger partial charge on any atom is -0.351 e. The van der Waals surface area contributed by atoms with Crippen LogP contribution in [0.3, 0.4) is 0 Å². The van der Waals surface area contributed by atoms with Crippen LogP contribution in [0.2, 0.25) is 0 Å². The summed E-state index contributed by atoms with van der Waals surface area (Å²) in [5.74, 6) is 0.691. The topological polar surface area (TPSA) is 73.6 Å². The Morgan fingerprint density at radius 2 is 2.13 bits per heavy atom. The fraction of sp³-hybridized carbons (Fsp3) is 0.111. The van der Waals surface area contributed by atoms with Crippen LogP contribution in [0.25, 0.3) is 17.5 Å². The van der Waals surface area contributed by atoms with Crippen molar-refractivity contribution in [3.05, 3.63) is 71.3 Å². The number of nitrogens with zero attached hydrogens (tertiary/aromatic N) is 1. The van der Waals surface area contributed by atoms with Gasteiger partial charge in [-0.15, -0.1) is 0 Å². The highest BCUT2D eigenvalue weighted by atomic mass is 16.1. The van der Waals surface area contributed by atoms with Crippen LogP contribution >= 0.6 is 0 Å². The molecule has 5 nitrogen and oxygen atoms in total. The van der Waals surface area contributed by atoms with Gasteiger partial charge in [-0.05, 0) is 24.1 Å². The van der Waals surface area contributed by atoms with Gasteiger partial charge in [0, 0.05) is 17.5 Å². The van der Waals surface area contributed by atoms with Gasteiger partial charge in [0.1, 0.15) is 11.5 Å². The van der Waals surface area contributed by atoms with Crippen molar-refractivity contribution in [2.45, 2.75) is 13.0 Å². The third kappa shape index (κ3) is 2.68. The van der Waals surface area contributed by atoms with E-state index in [0.717, 1.165) is 29.2 Å². The fourth-order valence-corrected chi connectivity index (χ4v) is 2.72. The lowest BCUT2D eigenvalue weighted by Crippen LogP contribution is -2.23. The Bertz CT molecular complexity index is 874. The number of H-pyrrole nitrogens is 2. The van der Waals surface area contributed by atoms with Crippen molar-refractivity contribution in [1.82, 2.24) is 20.3 Å². The Morgan fingerprint density at radius 1 is 1.26 bits per heavy atom. The first kappa shape index (κ1) is 13.6. The summed E-state index contributed by atoms with van der Waals surface area (Å²) >= 11 is 0. The zero-order chi connectivity index (χ0) is 15.6. The molecule has 0 radical (unpaired) electrons. The van der Waals surface area contributed by atoms with Crippen molar-refractivity contribution in [1.29, 1.82) is 0 Å². The van der Waals surface area contributed by atoms with E-state index in [1.807, 2.05) is 48.7 Å². The van der Waals surface area contributed by atoms with E-state index < -0.39 is 0 Å². The van der Waals surface area contributed by atoms with E-state index in [9.17, 15) is 4.79 Å². The van der Waals surface area contributed by atoms with Crippen molar-refractivity contribution >= 4 is 12.0 Å². The summed E-state index contributed by atoms with van der Waals surface area (Å²) in [6.45, 7) is 0.391. The van der Waals surface area contributed by atoms with Crippen LogP contribution in [0.4, 0.5) is 0 Å². The van der Waals surface area contributed by atoms with Crippen LogP contribution in [-0.2, 0) is 13.0 Å². The molecule has 4 rings (SSSR count). The highest BCUT2D eigenvalue weighted by Crippen LogP contribution is 2.20. The Kier molecular flexibility index (Phi) is 3.31. The Labute approximate surface area is 133 Å². The Hall–Kier alpha value is -3.08. The molecule has 0 aliphatic heterocycles. The summed E-state index contributed by atoms with van der Waals surface area (Å²) in [6, 6.07) is 11.8. The molecule has 0 bridgehead atoms. The predicted molar refractivity (Wildman–Crippen MR) is 88.7 cm³/mol. The number of allylic oxidation sites excluding steroid dienone is 1. The molecule has 3 aromatic rings. The molecule has 114 valence electrons. The quantitative estimate of drug-likeness (QED) is 0.693. The number of imidazole rings is 1. The van der Waals surface area contributed by atoms with Gasteiger partial charge in [0.15, 0.2) is 0 Å². The maximum absolute atomic E-state index is 12.2. The maximum Gasteiger partial charge on any atom is 0.268 e. The normalized spacial score (nSPS) is 12.3. The van der Waals surface area contributed by atoms with E-state index in [-0.39, 0.29) is 5.91 Å². The lowest BCUT2D eigenvalue weighted by molar-refractivity contribution is 0.0946. The Morgan fingerprint density at radius 3 is 2.96 bits per heavy atom. The highest BCUT2D eigenvalue weighted by Gasteiger charge is 2.14. The van der Waals surface area contributed by atoms with Crippen LogP contribution < -0.4 is 5.32 Å². The summed E-state index contributed by atoms with van der Waals surface area (Å²) in [7, 11) is 0. The van der Waals surface area contributed by atoms with Gasteiger partial charge < -0.3 is 15.3 Å². The zero-order valence-corrected chi connectivity index (χ0v) is 12.5. The maximum atomic E-state index is 12.2. The molecule has 3 N–H and O–H groups in total. The standard InChI is InChI=1S/C18H16N4O/c23-18(16-9-13-7-4-8-15(13)22-16)20-11-14-10-19-17(21-14)12-5-2-1-3-6-12/h1-6,8-10,22H,7,11H2,(H,19,21)(H,20,23). The SMILES string of the molecule is O=C(NCc1c[nH]c(-c2ccccc2)n1)c1cc2c([nH]1)C=CC2. The summed E-state index contributed by atoms with van der Waals surface area (Å²) in [6.07, 6.45) is 6.79. The molecule has 0 unspecified atom stereocenters. The molecule has 23 heavy (non-hydrogen) atoms. The molecular weight excluding hydrogens is 288 g/mol. The largest absolute Gasteiger partial charge is 0.351 e. The summed E-state index contributed by atoms with van der Waals surface area (Å²) in [5.41, 5.74) is 4.62. The van der Waals surface area contributed by atoms with E-state index in [2.05, 4.69) is 26.3 Å². The van der Waals surface area contributed by atoms with Crippen molar-refractivity contribution < 1.29 is 4.79 Å². The molecule has 0 atom stereocenters. The number of aromatic nitrogens is 3. The van der Waals surface area contributed by atoms with Crippen LogP contribution in [0, 0.1) is 0 Å². The number of carbonyl (C=O) groups is 1. The molecule has 1 aromatic carbocycles. The van der Waals surface area contributed by atoms with Crippen LogP contribution in [0.1, 0.15) is 27.4 Å². The second-order valence-corrected chi connectivity index (χ2v) is 5.52. The molecule has 0 spiro atoms. The van der Waals surface area contributed by atoms with E-state index in [1.165, 1.54) is 5.56 Å². The lowest BCUT2D eigenvalue weighted by atomic mass is 10.2. The van der Waals surface area contributed by atoms with E-state index >= 15 is 0 Å². The van der Waals surface area contributed by atoms with Crippen LogP contribution in [0.5, 0.6) is 0 Å².